The number of piperazine rings is 1. The lowest BCUT2D eigenvalue weighted by molar-refractivity contribution is -0.135. The number of rotatable bonds is 2. The zero-order valence-corrected chi connectivity index (χ0v) is 7.65. The number of nitrogens with one attached hydrogen (secondary N) is 2. The van der Waals surface area contributed by atoms with E-state index in [4.69, 9.17) is 23.2 Å². The van der Waals surface area contributed by atoms with Crippen LogP contribution in [0.1, 0.15) is 0 Å². The minimum absolute atomic E-state index is 0.0760. The lowest BCUT2D eigenvalue weighted by atomic mass is 10.2. The highest BCUT2D eigenvalue weighted by atomic mass is 35.5. The normalized spacial score (nSPS) is 29.5. The van der Waals surface area contributed by atoms with Gasteiger partial charge in [0.2, 0.25) is 11.8 Å². The second-order valence-corrected chi connectivity index (χ2v) is 3.05. The summed E-state index contributed by atoms with van der Waals surface area (Å²) < 4.78 is 0. The van der Waals surface area contributed by atoms with Crippen molar-refractivity contribution >= 4 is 35.0 Å². The molecule has 1 aliphatic rings. The first-order chi connectivity index (χ1) is 5.69. The molecule has 0 aromatic rings. The largest absolute Gasteiger partial charge is 0.341 e. The Balaban J connectivity index is 2.61. The first kappa shape index (κ1) is 9.61. The minimum atomic E-state index is -0.626. The number of carbonyl (C=O) groups is 2. The Hall–Kier alpha value is -0.480. The third kappa shape index (κ3) is 1.81. The molecule has 0 aromatic heterocycles. The molecule has 12 heavy (non-hydrogen) atoms. The van der Waals surface area contributed by atoms with E-state index in [1.165, 1.54) is 0 Å². The van der Waals surface area contributed by atoms with E-state index >= 15 is 0 Å². The van der Waals surface area contributed by atoms with Crippen molar-refractivity contribution in [1.29, 1.82) is 0 Å². The maximum Gasteiger partial charge on any atom is 0.244 e. The van der Waals surface area contributed by atoms with Gasteiger partial charge in [-0.25, -0.2) is 0 Å². The van der Waals surface area contributed by atoms with Crippen molar-refractivity contribution < 1.29 is 9.59 Å². The van der Waals surface area contributed by atoms with Crippen LogP contribution in [-0.2, 0) is 9.59 Å². The molecule has 1 heterocycles. The summed E-state index contributed by atoms with van der Waals surface area (Å²) in [5, 5.41) is 4.90. The van der Waals surface area contributed by atoms with E-state index in [1.54, 1.807) is 0 Å². The first-order valence-corrected chi connectivity index (χ1v) is 4.48. The Morgan fingerprint density at radius 2 is 1.33 bits per heavy atom. The quantitative estimate of drug-likeness (QED) is 0.602. The Kier molecular flexibility index (Phi) is 3.17. The van der Waals surface area contributed by atoms with Crippen LogP contribution in [0.5, 0.6) is 0 Å². The molecule has 68 valence electrons. The van der Waals surface area contributed by atoms with E-state index < -0.39 is 12.1 Å². The summed E-state index contributed by atoms with van der Waals surface area (Å²) in [6, 6.07) is -1.25. The summed E-state index contributed by atoms with van der Waals surface area (Å²) in [4.78, 5) is 22.1. The van der Waals surface area contributed by atoms with Crippen molar-refractivity contribution in [3.05, 3.63) is 0 Å². The monoisotopic (exact) mass is 210 g/mol. The average molecular weight is 211 g/mol. The van der Waals surface area contributed by atoms with Crippen LogP contribution in [-0.4, -0.2) is 35.7 Å². The van der Waals surface area contributed by atoms with Gasteiger partial charge in [0.25, 0.3) is 0 Å². The number of alkyl halides is 2. The van der Waals surface area contributed by atoms with Crippen LogP contribution in [0.4, 0.5) is 0 Å². The Morgan fingerprint density at radius 3 is 1.58 bits per heavy atom. The van der Waals surface area contributed by atoms with Crippen LogP contribution in [0.3, 0.4) is 0 Å². The lowest BCUT2D eigenvalue weighted by Gasteiger charge is -2.26. The molecule has 0 aliphatic carbocycles. The molecule has 0 bridgehead atoms. The fourth-order valence-electron chi connectivity index (χ4n) is 0.893. The molecular weight excluding hydrogens is 203 g/mol. The van der Waals surface area contributed by atoms with Gasteiger partial charge < -0.3 is 10.6 Å². The molecule has 1 saturated heterocycles. The Labute approximate surface area is 79.6 Å². The van der Waals surface area contributed by atoms with Crippen LogP contribution in [0.15, 0.2) is 0 Å². The van der Waals surface area contributed by atoms with E-state index in [2.05, 4.69) is 10.6 Å². The second-order valence-electron chi connectivity index (χ2n) is 2.43. The molecule has 1 aliphatic heterocycles. The summed E-state index contributed by atoms with van der Waals surface area (Å²) in [5.74, 6) is -0.412. The molecule has 0 aromatic carbocycles. The minimum Gasteiger partial charge on any atom is -0.341 e. The van der Waals surface area contributed by atoms with Crippen LogP contribution < -0.4 is 10.6 Å². The number of amides is 2. The topological polar surface area (TPSA) is 58.2 Å². The molecule has 6 heteroatoms. The van der Waals surface area contributed by atoms with Gasteiger partial charge in [0.05, 0.1) is 11.8 Å². The predicted octanol–water partition coefficient (Wildman–Crippen LogP) is -0.553. The fraction of sp³-hybridized carbons (Fsp3) is 0.667. The Bertz CT molecular complexity index is 188. The van der Waals surface area contributed by atoms with Crippen LogP contribution in [0.2, 0.25) is 0 Å². The van der Waals surface area contributed by atoms with E-state index in [0.29, 0.717) is 0 Å². The standard InChI is InChI=1S/C6H8Cl2N2O2/c7-1-3-5(11)10-4(2-8)6(12)9-3/h3-4H,1-2H2,(H,9,12)(H,10,11)/t3-,4-/m1/s1. The third-order valence-corrected chi connectivity index (χ3v) is 2.19. The van der Waals surface area contributed by atoms with Crippen LogP contribution in [0.25, 0.3) is 0 Å². The molecular formula is C6H8Cl2N2O2. The SMILES string of the molecule is O=C1N[C@H](CCl)C(=O)N[C@@H]1CCl. The van der Waals surface area contributed by atoms with Gasteiger partial charge in [0.1, 0.15) is 12.1 Å². The first-order valence-electron chi connectivity index (χ1n) is 3.41. The Morgan fingerprint density at radius 1 is 1.00 bits per heavy atom. The second kappa shape index (κ2) is 3.96. The van der Waals surface area contributed by atoms with Gasteiger partial charge in [-0.05, 0) is 0 Å². The molecule has 0 unspecified atom stereocenters. The lowest BCUT2D eigenvalue weighted by Crippen LogP contribution is -2.62. The number of halogens is 2. The maximum atomic E-state index is 11.1. The molecule has 4 nitrogen and oxygen atoms in total. The summed E-state index contributed by atoms with van der Waals surface area (Å²) in [6.07, 6.45) is 0. The van der Waals surface area contributed by atoms with Crippen LogP contribution >= 0.6 is 23.2 Å². The summed E-state index contributed by atoms with van der Waals surface area (Å²) in [5.41, 5.74) is 0. The van der Waals surface area contributed by atoms with Gasteiger partial charge in [-0.2, -0.15) is 0 Å². The van der Waals surface area contributed by atoms with Gasteiger partial charge in [-0.15, -0.1) is 23.2 Å². The zero-order chi connectivity index (χ0) is 9.14. The summed E-state index contributed by atoms with van der Waals surface area (Å²) in [6.45, 7) is 0. The third-order valence-electron chi connectivity index (χ3n) is 1.57. The van der Waals surface area contributed by atoms with Crippen molar-refractivity contribution in [2.45, 2.75) is 12.1 Å². The highest BCUT2D eigenvalue weighted by molar-refractivity contribution is 6.22. The van der Waals surface area contributed by atoms with Gasteiger partial charge >= 0.3 is 0 Å². The van der Waals surface area contributed by atoms with Crippen LogP contribution in [0, 0.1) is 0 Å². The van der Waals surface area contributed by atoms with Crippen molar-refractivity contribution in [1.82, 2.24) is 10.6 Å². The number of hydrogen-bond acceptors (Lipinski definition) is 2. The van der Waals surface area contributed by atoms with Gasteiger partial charge in [0, 0.05) is 0 Å². The maximum absolute atomic E-state index is 11.1. The molecule has 1 rings (SSSR count). The molecule has 2 atom stereocenters. The highest BCUT2D eigenvalue weighted by Crippen LogP contribution is 2.00. The molecule has 0 radical (unpaired) electrons. The molecule has 1 fully saturated rings. The smallest absolute Gasteiger partial charge is 0.244 e. The van der Waals surface area contributed by atoms with Gasteiger partial charge in [-0.1, -0.05) is 0 Å². The zero-order valence-electron chi connectivity index (χ0n) is 6.14. The van der Waals surface area contributed by atoms with E-state index in [9.17, 15) is 9.59 Å². The summed E-state index contributed by atoms with van der Waals surface area (Å²) in [7, 11) is 0. The van der Waals surface area contributed by atoms with Crippen molar-refractivity contribution in [2.75, 3.05) is 11.8 Å². The van der Waals surface area contributed by atoms with Gasteiger partial charge in [-0.3, -0.25) is 9.59 Å². The van der Waals surface area contributed by atoms with Crippen molar-refractivity contribution in [3.8, 4) is 0 Å². The highest BCUT2D eigenvalue weighted by Gasteiger charge is 2.32. The summed E-state index contributed by atoms with van der Waals surface area (Å²) >= 11 is 10.8. The average Bonchev–Trinajstić information content (AvgIpc) is 2.08. The number of carbonyl (C=O) groups excluding carboxylic acids is 2. The van der Waals surface area contributed by atoms with E-state index in [0.717, 1.165) is 0 Å². The molecule has 2 N–H and O–H groups in total. The van der Waals surface area contributed by atoms with E-state index in [1.807, 2.05) is 0 Å². The van der Waals surface area contributed by atoms with Crippen molar-refractivity contribution in [2.24, 2.45) is 0 Å². The molecule has 0 saturated carbocycles. The predicted molar refractivity (Wildman–Crippen MR) is 45.3 cm³/mol. The van der Waals surface area contributed by atoms with E-state index in [-0.39, 0.29) is 23.6 Å². The van der Waals surface area contributed by atoms with Crippen molar-refractivity contribution in [3.63, 3.8) is 0 Å². The molecule has 0 spiro atoms. The van der Waals surface area contributed by atoms with Gasteiger partial charge in [0.15, 0.2) is 0 Å². The molecule has 2 amide bonds. The fourth-order valence-corrected chi connectivity index (χ4v) is 1.33. The number of hydrogen-bond donors (Lipinski definition) is 2.